The van der Waals surface area contributed by atoms with Gasteiger partial charge in [-0.25, -0.2) is 9.29 Å². The highest BCUT2D eigenvalue weighted by atomic mass is 19.1. The van der Waals surface area contributed by atoms with Gasteiger partial charge in [0.25, 0.3) is 0 Å². The van der Waals surface area contributed by atoms with Gasteiger partial charge in [-0.05, 0) is 38.0 Å². The van der Waals surface area contributed by atoms with Crippen molar-refractivity contribution in [1.82, 2.24) is 4.90 Å². The van der Waals surface area contributed by atoms with Crippen molar-refractivity contribution in [2.75, 3.05) is 13.6 Å². The molecule has 6 unspecified atom stereocenters. The van der Waals surface area contributed by atoms with Gasteiger partial charge in [0, 0.05) is 19.9 Å². The summed E-state index contributed by atoms with van der Waals surface area (Å²) in [6.07, 6.45) is 9.67. The molecule has 0 aromatic carbocycles. The van der Waals surface area contributed by atoms with Crippen LogP contribution >= 0.6 is 0 Å². The van der Waals surface area contributed by atoms with Gasteiger partial charge in [0.15, 0.2) is 0 Å². The smallest absolute Gasteiger partial charge is 0.141 e. The van der Waals surface area contributed by atoms with Crippen LogP contribution < -0.4 is 4.90 Å². The van der Waals surface area contributed by atoms with Crippen molar-refractivity contribution in [1.29, 1.82) is 0 Å². The topological polar surface area (TPSA) is 7.68 Å². The molecule has 0 aromatic heterocycles. The summed E-state index contributed by atoms with van der Waals surface area (Å²) in [5.74, 6) is 0.611. The zero-order valence-electron chi connectivity index (χ0n) is 12.6. The highest BCUT2D eigenvalue weighted by Crippen LogP contribution is 2.31. The van der Waals surface area contributed by atoms with E-state index >= 15 is 0 Å². The van der Waals surface area contributed by atoms with Crippen molar-refractivity contribution in [2.45, 2.75) is 82.7 Å². The molecule has 1 heterocycles. The van der Waals surface area contributed by atoms with E-state index in [0.29, 0.717) is 12.1 Å². The van der Waals surface area contributed by atoms with Gasteiger partial charge in [0.2, 0.25) is 0 Å². The molecule has 6 atom stereocenters. The molecule has 3 heteroatoms. The Morgan fingerprint density at radius 3 is 2.68 bits per heavy atom. The van der Waals surface area contributed by atoms with E-state index in [2.05, 4.69) is 18.9 Å². The Kier molecular flexibility index (Phi) is 4.14. The van der Waals surface area contributed by atoms with Gasteiger partial charge in [-0.2, -0.15) is 0 Å². The van der Waals surface area contributed by atoms with Crippen LogP contribution in [0.25, 0.3) is 0 Å². The third-order valence-corrected chi connectivity index (χ3v) is 6.08. The zero-order chi connectivity index (χ0) is 13.4. The van der Waals surface area contributed by atoms with Gasteiger partial charge in [0.05, 0.1) is 13.1 Å². The van der Waals surface area contributed by atoms with Crippen LogP contribution in [0.15, 0.2) is 0 Å². The summed E-state index contributed by atoms with van der Waals surface area (Å²) in [6, 6.07) is 1.62. The Hall–Kier alpha value is -0.150. The van der Waals surface area contributed by atoms with Crippen molar-refractivity contribution in [3.05, 3.63) is 0 Å². The maximum atomic E-state index is 13.6. The fourth-order valence-corrected chi connectivity index (χ4v) is 4.88. The average Bonchev–Trinajstić information content (AvgIpc) is 2.65. The molecule has 0 radical (unpaired) electrons. The lowest BCUT2D eigenvalue weighted by molar-refractivity contribution is -0.921. The van der Waals surface area contributed by atoms with E-state index < -0.39 is 6.17 Å². The van der Waals surface area contributed by atoms with Crippen LogP contribution in [-0.4, -0.2) is 42.9 Å². The van der Waals surface area contributed by atoms with Crippen LogP contribution in [0.3, 0.4) is 0 Å². The standard InChI is InChI=1S/C16H29FN2/c1-12-18(2)15-8-3-4-9-16(15)19(12)11-13-6-5-7-14(17)10-13/h12-16H,3-11H2,1-2H3/p+1. The molecule has 2 nitrogen and oxygen atoms in total. The van der Waals surface area contributed by atoms with Crippen LogP contribution in [0.4, 0.5) is 4.39 Å². The monoisotopic (exact) mass is 269 g/mol. The maximum Gasteiger partial charge on any atom is 0.141 e. The number of hydrogen-bond donors (Lipinski definition) is 1. The van der Waals surface area contributed by atoms with Gasteiger partial charge in [0.1, 0.15) is 18.4 Å². The molecule has 1 N–H and O–H groups in total. The van der Waals surface area contributed by atoms with Gasteiger partial charge in [-0.15, -0.1) is 0 Å². The van der Waals surface area contributed by atoms with Crippen molar-refractivity contribution in [3.8, 4) is 0 Å². The molecule has 3 fully saturated rings. The molecule has 0 aromatic rings. The second-order valence-electron chi connectivity index (χ2n) is 7.20. The van der Waals surface area contributed by atoms with E-state index in [1.54, 1.807) is 4.90 Å². The zero-order valence-corrected chi connectivity index (χ0v) is 12.6. The number of likely N-dealkylation sites (N-methyl/N-ethyl adjacent to an activating group) is 1. The highest BCUT2D eigenvalue weighted by molar-refractivity contribution is 4.90. The van der Waals surface area contributed by atoms with Crippen LogP contribution in [0.5, 0.6) is 0 Å². The molecule has 0 spiro atoms. The van der Waals surface area contributed by atoms with Crippen LogP contribution in [0, 0.1) is 5.92 Å². The Morgan fingerprint density at radius 2 is 1.89 bits per heavy atom. The van der Waals surface area contributed by atoms with E-state index in [1.165, 1.54) is 32.1 Å². The van der Waals surface area contributed by atoms with E-state index in [0.717, 1.165) is 37.9 Å². The van der Waals surface area contributed by atoms with Crippen molar-refractivity contribution in [2.24, 2.45) is 5.92 Å². The molecule has 0 bridgehead atoms. The first kappa shape index (κ1) is 13.8. The van der Waals surface area contributed by atoms with Crippen LogP contribution in [0.1, 0.15) is 58.3 Å². The molecule has 110 valence electrons. The number of quaternary nitrogens is 1. The lowest BCUT2D eigenvalue weighted by atomic mass is 9.86. The van der Waals surface area contributed by atoms with Gasteiger partial charge in [-0.3, -0.25) is 0 Å². The van der Waals surface area contributed by atoms with E-state index in [-0.39, 0.29) is 0 Å². The Bertz CT molecular complexity index is 309. The van der Waals surface area contributed by atoms with Gasteiger partial charge in [-0.1, -0.05) is 12.8 Å². The van der Waals surface area contributed by atoms with Crippen molar-refractivity contribution in [3.63, 3.8) is 0 Å². The predicted molar refractivity (Wildman–Crippen MR) is 76.0 cm³/mol. The fraction of sp³-hybridized carbons (Fsp3) is 1.00. The van der Waals surface area contributed by atoms with E-state index in [4.69, 9.17) is 0 Å². The summed E-state index contributed by atoms with van der Waals surface area (Å²) < 4.78 is 13.6. The first-order valence-corrected chi connectivity index (χ1v) is 8.40. The third kappa shape index (κ3) is 2.69. The van der Waals surface area contributed by atoms with Gasteiger partial charge < -0.3 is 4.90 Å². The number of fused-ring (bicyclic) bond motifs is 1. The summed E-state index contributed by atoms with van der Waals surface area (Å²) in [6.45, 7) is 3.53. The average molecular weight is 269 g/mol. The third-order valence-electron chi connectivity index (χ3n) is 6.08. The van der Waals surface area contributed by atoms with Gasteiger partial charge >= 0.3 is 0 Å². The first-order chi connectivity index (χ1) is 9.16. The van der Waals surface area contributed by atoms with Crippen molar-refractivity contribution >= 4 is 0 Å². The number of nitrogens with one attached hydrogen (secondary N) is 1. The molecule has 0 amide bonds. The minimum absolute atomic E-state index is 0.524. The molecule has 2 saturated carbocycles. The van der Waals surface area contributed by atoms with Crippen molar-refractivity contribution < 1.29 is 9.29 Å². The molecule has 19 heavy (non-hydrogen) atoms. The summed E-state index contributed by atoms with van der Waals surface area (Å²) in [4.78, 5) is 4.44. The second-order valence-corrected chi connectivity index (χ2v) is 7.20. The number of alkyl halides is 1. The largest absolute Gasteiger partial charge is 0.319 e. The summed E-state index contributed by atoms with van der Waals surface area (Å²) in [7, 11) is 2.37. The molecule has 1 saturated heterocycles. The number of halogens is 1. The molecule has 1 aliphatic heterocycles. The SMILES string of the molecule is CC1N(CC2CCCC(F)C2)C2CCCCC2[NH+]1C. The molecule has 3 aliphatic rings. The minimum atomic E-state index is -0.524. The first-order valence-electron chi connectivity index (χ1n) is 8.40. The Labute approximate surface area is 117 Å². The van der Waals surface area contributed by atoms with Crippen LogP contribution in [-0.2, 0) is 0 Å². The molecular formula is C16H30FN2+. The van der Waals surface area contributed by atoms with Crippen LogP contribution in [0.2, 0.25) is 0 Å². The minimum Gasteiger partial charge on any atom is -0.319 e. The normalized spacial score (nSPS) is 48.2. The maximum absolute atomic E-state index is 13.6. The van der Waals surface area contributed by atoms with E-state index in [9.17, 15) is 4.39 Å². The lowest BCUT2D eigenvalue weighted by Gasteiger charge is -2.33. The number of hydrogen-bond acceptors (Lipinski definition) is 1. The summed E-state index contributed by atoms with van der Waals surface area (Å²) in [5.41, 5.74) is 0. The lowest BCUT2D eigenvalue weighted by Crippen LogP contribution is -3.15. The summed E-state index contributed by atoms with van der Waals surface area (Å²) in [5, 5.41) is 0. The quantitative estimate of drug-likeness (QED) is 0.806. The molecule has 3 rings (SSSR count). The predicted octanol–water partition coefficient (Wildman–Crippen LogP) is 2.00. The van der Waals surface area contributed by atoms with E-state index in [1.807, 2.05) is 0 Å². The number of rotatable bonds is 2. The fourth-order valence-electron chi connectivity index (χ4n) is 4.88. The number of nitrogens with zero attached hydrogens (tertiary/aromatic N) is 1. The highest BCUT2D eigenvalue weighted by Gasteiger charge is 2.48. The Balaban J connectivity index is 1.65. The summed E-state index contributed by atoms with van der Waals surface area (Å²) >= 11 is 0. The second kappa shape index (κ2) is 5.69. The Morgan fingerprint density at radius 1 is 1.11 bits per heavy atom. The molecule has 2 aliphatic carbocycles. The molecular weight excluding hydrogens is 239 g/mol.